The number of morpholine rings is 1. The van der Waals surface area contributed by atoms with Gasteiger partial charge in [0, 0.05) is 24.5 Å². The molecule has 0 aromatic carbocycles. The lowest BCUT2D eigenvalue weighted by molar-refractivity contribution is -0.145. The predicted molar refractivity (Wildman–Crippen MR) is 101 cm³/mol. The van der Waals surface area contributed by atoms with E-state index in [0.29, 0.717) is 26.2 Å². The number of hydrogen-bond acceptors (Lipinski definition) is 7. The molecule has 3 aromatic rings. The first-order chi connectivity index (χ1) is 13.2. The maximum atomic E-state index is 13.0. The van der Waals surface area contributed by atoms with E-state index in [4.69, 9.17) is 4.74 Å². The minimum Gasteiger partial charge on any atom is -0.365 e. The Morgan fingerprint density at radius 1 is 1.26 bits per heavy atom. The molecule has 1 atom stereocenters. The monoisotopic (exact) mass is 384 g/mol. The second-order valence-electron chi connectivity index (χ2n) is 6.89. The molecule has 0 saturated carbocycles. The van der Waals surface area contributed by atoms with Crippen LogP contribution in [0.4, 0.5) is 5.82 Å². The Kier molecular flexibility index (Phi) is 4.05. The number of aromatic nitrogens is 4. The highest BCUT2D eigenvalue weighted by Crippen LogP contribution is 2.25. The van der Waals surface area contributed by atoms with Crippen molar-refractivity contribution in [2.75, 3.05) is 31.1 Å². The number of carbonyl (C=O) groups is 1. The van der Waals surface area contributed by atoms with Gasteiger partial charge in [0.1, 0.15) is 5.82 Å². The number of hydrogen-bond donors (Lipinski definition) is 0. The molecule has 3 aromatic heterocycles. The van der Waals surface area contributed by atoms with Gasteiger partial charge in [0.05, 0.1) is 13.2 Å². The van der Waals surface area contributed by atoms with Crippen LogP contribution in [0.25, 0.3) is 5.65 Å². The Labute approximate surface area is 160 Å². The van der Waals surface area contributed by atoms with Crippen LogP contribution in [-0.2, 0) is 22.5 Å². The zero-order valence-electron chi connectivity index (χ0n) is 15.0. The van der Waals surface area contributed by atoms with E-state index in [2.05, 4.69) is 31.6 Å². The molecule has 5 rings (SSSR count). The van der Waals surface area contributed by atoms with Crippen molar-refractivity contribution in [2.45, 2.75) is 26.0 Å². The molecule has 2 aliphatic rings. The van der Waals surface area contributed by atoms with E-state index >= 15 is 0 Å². The van der Waals surface area contributed by atoms with Crippen molar-refractivity contribution in [3.63, 3.8) is 0 Å². The van der Waals surface area contributed by atoms with Gasteiger partial charge in [-0.05, 0) is 42.5 Å². The van der Waals surface area contributed by atoms with Crippen LogP contribution in [0.2, 0.25) is 0 Å². The Morgan fingerprint density at radius 2 is 2.19 bits per heavy atom. The number of fused-ring (bicyclic) bond motifs is 2. The van der Waals surface area contributed by atoms with E-state index in [-0.39, 0.29) is 5.91 Å². The van der Waals surface area contributed by atoms with E-state index in [1.807, 2.05) is 24.0 Å². The average molecular weight is 384 g/mol. The fourth-order valence-corrected chi connectivity index (χ4v) is 4.59. The van der Waals surface area contributed by atoms with Crippen molar-refractivity contribution in [2.24, 2.45) is 0 Å². The summed E-state index contributed by atoms with van der Waals surface area (Å²) in [5, 5.41) is 14.8. The SMILES string of the molecule is Cc1nnc2ccc(N3CCOC(C(=O)N4CCc5sccc5C4)C3)nn12. The first kappa shape index (κ1) is 16.6. The quantitative estimate of drug-likeness (QED) is 0.663. The van der Waals surface area contributed by atoms with Crippen LogP contribution in [0, 0.1) is 6.92 Å². The normalized spacial score (nSPS) is 20.1. The van der Waals surface area contributed by atoms with Crippen LogP contribution in [0.3, 0.4) is 0 Å². The molecule has 8 nitrogen and oxygen atoms in total. The Bertz CT molecular complexity index is 999. The molecule has 1 fully saturated rings. The van der Waals surface area contributed by atoms with Crippen LogP contribution in [0.5, 0.6) is 0 Å². The third-order valence-corrected chi connectivity index (χ3v) is 6.21. The van der Waals surface area contributed by atoms with Crippen molar-refractivity contribution >= 4 is 28.7 Å². The second kappa shape index (κ2) is 6.58. The highest BCUT2D eigenvalue weighted by molar-refractivity contribution is 7.10. The zero-order valence-corrected chi connectivity index (χ0v) is 15.9. The number of nitrogens with zero attached hydrogens (tertiary/aromatic N) is 6. The Balaban J connectivity index is 1.33. The van der Waals surface area contributed by atoms with Gasteiger partial charge in [-0.25, -0.2) is 0 Å². The van der Waals surface area contributed by atoms with E-state index in [0.717, 1.165) is 30.3 Å². The third kappa shape index (κ3) is 2.96. The molecule has 0 spiro atoms. The lowest BCUT2D eigenvalue weighted by Gasteiger charge is -2.36. The standard InChI is InChI=1S/C18H20N6O2S/c1-12-19-20-16-2-3-17(21-24(12)16)22-7-8-26-14(11-22)18(25)23-6-4-15-13(10-23)5-9-27-15/h2-3,5,9,14H,4,6-8,10-11H2,1H3. The van der Waals surface area contributed by atoms with Gasteiger partial charge in [0.2, 0.25) is 0 Å². The maximum absolute atomic E-state index is 13.0. The summed E-state index contributed by atoms with van der Waals surface area (Å²) in [6.07, 6.45) is 0.471. The van der Waals surface area contributed by atoms with Crippen molar-refractivity contribution in [1.82, 2.24) is 24.7 Å². The highest BCUT2D eigenvalue weighted by Gasteiger charge is 2.32. The number of ether oxygens (including phenoxy) is 1. The highest BCUT2D eigenvalue weighted by atomic mass is 32.1. The van der Waals surface area contributed by atoms with Crippen LogP contribution in [0.1, 0.15) is 16.3 Å². The molecular weight excluding hydrogens is 364 g/mol. The fraction of sp³-hybridized carbons (Fsp3) is 0.444. The van der Waals surface area contributed by atoms with Gasteiger partial charge in [-0.3, -0.25) is 4.79 Å². The molecule has 0 N–H and O–H groups in total. The van der Waals surface area contributed by atoms with E-state index in [1.165, 1.54) is 10.4 Å². The van der Waals surface area contributed by atoms with E-state index < -0.39 is 6.10 Å². The average Bonchev–Trinajstić information content (AvgIpc) is 3.33. The number of anilines is 1. The number of aryl methyl sites for hydroxylation is 1. The topological polar surface area (TPSA) is 75.9 Å². The third-order valence-electron chi connectivity index (χ3n) is 5.19. The lowest BCUT2D eigenvalue weighted by Crippen LogP contribution is -2.52. The molecule has 1 unspecified atom stereocenters. The largest absolute Gasteiger partial charge is 0.365 e. The number of rotatable bonds is 2. The summed E-state index contributed by atoms with van der Waals surface area (Å²) < 4.78 is 7.55. The summed E-state index contributed by atoms with van der Waals surface area (Å²) in [4.78, 5) is 18.4. The van der Waals surface area contributed by atoms with E-state index in [9.17, 15) is 4.79 Å². The number of carbonyl (C=O) groups excluding carboxylic acids is 1. The van der Waals surface area contributed by atoms with Gasteiger partial charge in [-0.15, -0.1) is 26.6 Å². The predicted octanol–water partition coefficient (Wildman–Crippen LogP) is 1.28. The summed E-state index contributed by atoms with van der Waals surface area (Å²) in [5.41, 5.74) is 1.99. The minimum absolute atomic E-state index is 0.0677. The Hall–Kier alpha value is -2.52. The summed E-state index contributed by atoms with van der Waals surface area (Å²) in [6.45, 7) is 5.04. The van der Waals surface area contributed by atoms with Crippen LogP contribution in [-0.4, -0.2) is 63.0 Å². The van der Waals surface area contributed by atoms with Gasteiger partial charge in [-0.1, -0.05) is 0 Å². The minimum atomic E-state index is -0.460. The number of amides is 1. The van der Waals surface area contributed by atoms with Gasteiger partial charge in [-0.2, -0.15) is 4.52 Å². The summed E-state index contributed by atoms with van der Waals surface area (Å²) in [6, 6.07) is 5.94. The number of thiophene rings is 1. The summed E-state index contributed by atoms with van der Waals surface area (Å²) in [5.74, 6) is 1.62. The van der Waals surface area contributed by atoms with E-state index in [1.54, 1.807) is 15.9 Å². The molecule has 0 bridgehead atoms. The molecule has 1 saturated heterocycles. The smallest absolute Gasteiger partial charge is 0.253 e. The Morgan fingerprint density at radius 3 is 3.11 bits per heavy atom. The molecule has 1 amide bonds. The van der Waals surface area contributed by atoms with Crippen LogP contribution in [0.15, 0.2) is 23.6 Å². The first-order valence-electron chi connectivity index (χ1n) is 9.09. The molecule has 140 valence electrons. The molecule has 0 radical (unpaired) electrons. The summed E-state index contributed by atoms with van der Waals surface area (Å²) >= 11 is 1.78. The molecule has 9 heteroatoms. The fourth-order valence-electron chi connectivity index (χ4n) is 3.70. The van der Waals surface area contributed by atoms with Gasteiger partial charge in [0.15, 0.2) is 17.6 Å². The lowest BCUT2D eigenvalue weighted by atomic mass is 10.1. The first-order valence-corrected chi connectivity index (χ1v) is 9.96. The van der Waals surface area contributed by atoms with Crippen LogP contribution >= 0.6 is 11.3 Å². The van der Waals surface area contributed by atoms with Crippen molar-refractivity contribution in [3.05, 3.63) is 39.8 Å². The molecule has 5 heterocycles. The second-order valence-corrected chi connectivity index (χ2v) is 7.89. The molecule has 2 aliphatic heterocycles. The van der Waals surface area contributed by atoms with Crippen molar-refractivity contribution in [1.29, 1.82) is 0 Å². The summed E-state index contributed by atoms with van der Waals surface area (Å²) in [7, 11) is 0. The van der Waals surface area contributed by atoms with Crippen molar-refractivity contribution in [3.8, 4) is 0 Å². The zero-order chi connectivity index (χ0) is 18.4. The van der Waals surface area contributed by atoms with Gasteiger partial charge in [0.25, 0.3) is 5.91 Å². The molecule has 27 heavy (non-hydrogen) atoms. The van der Waals surface area contributed by atoms with Gasteiger partial charge < -0.3 is 14.5 Å². The maximum Gasteiger partial charge on any atom is 0.253 e. The van der Waals surface area contributed by atoms with Gasteiger partial charge >= 0.3 is 0 Å². The molecular formula is C18H20N6O2S. The molecule has 0 aliphatic carbocycles. The van der Waals surface area contributed by atoms with Crippen molar-refractivity contribution < 1.29 is 9.53 Å². The van der Waals surface area contributed by atoms with Crippen LogP contribution < -0.4 is 4.90 Å².